The first-order valence-corrected chi connectivity index (χ1v) is 6.77. The van der Waals surface area contributed by atoms with Gasteiger partial charge in [0, 0.05) is 19.0 Å². The quantitative estimate of drug-likeness (QED) is 0.776. The van der Waals surface area contributed by atoms with Gasteiger partial charge in [-0.25, -0.2) is 0 Å². The van der Waals surface area contributed by atoms with Crippen molar-refractivity contribution in [3.8, 4) is 0 Å². The summed E-state index contributed by atoms with van der Waals surface area (Å²) in [6, 6.07) is 0.331. The normalized spacial score (nSPS) is 33.2. The third-order valence-electron chi connectivity index (χ3n) is 4.11. The molecule has 0 aromatic carbocycles. The van der Waals surface area contributed by atoms with Crippen molar-refractivity contribution in [1.82, 2.24) is 10.6 Å². The number of hydrogen-bond acceptors (Lipinski definition) is 2. The minimum atomic E-state index is -0.151. The molecule has 17 heavy (non-hydrogen) atoms. The minimum Gasteiger partial charge on any atom is -0.355 e. The zero-order chi connectivity index (χ0) is 12.3. The summed E-state index contributed by atoms with van der Waals surface area (Å²) in [6.07, 6.45) is 6.31. The summed E-state index contributed by atoms with van der Waals surface area (Å²) in [5.74, 6) is 0.536. The lowest BCUT2D eigenvalue weighted by molar-refractivity contribution is -0.127. The second-order valence-corrected chi connectivity index (χ2v) is 5.27. The van der Waals surface area contributed by atoms with E-state index in [0.29, 0.717) is 24.9 Å². The lowest BCUT2D eigenvalue weighted by Crippen LogP contribution is -2.44. The second kappa shape index (κ2) is 5.52. The van der Waals surface area contributed by atoms with E-state index < -0.39 is 0 Å². The van der Waals surface area contributed by atoms with Crippen molar-refractivity contribution in [3.63, 3.8) is 0 Å². The van der Waals surface area contributed by atoms with Crippen molar-refractivity contribution in [2.24, 2.45) is 11.8 Å². The Morgan fingerprint density at radius 2 is 2.18 bits per heavy atom. The van der Waals surface area contributed by atoms with E-state index in [1.54, 1.807) is 0 Å². The molecule has 4 heteroatoms. The Hall–Kier alpha value is -1.06. The van der Waals surface area contributed by atoms with Gasteiger partial charge in [0.1, 0.15) is 0 Å². The Morgan fingerprint density at radius 3 is 2.82 bits per heavy atom. The van der Waals surface area contributed by atoms with E-state index in [9.17, 15) is 9.59 Å². The molecule has 0 aromatic heterocycles. The number of nitrogens with one attached hydrogen (secondary N) is 2. The molecule has 96 valence electrons. The lowest BCUT2D eigenvalue weighted by atomic mass is 9.82. The van der Waals surface area contributed by atoms with Gasteiger partial charge in [-0.3, -0.25) is 9.59 Å². The van der Waals surface area contributed by atoms with Gasteiger partial charge >= 0.3 is 0 Å². The Balaban J connectivity index is 1.86. The largest absolute Gasteiger partial charge is 0.355 e. The molecule has 1 aliphatic heterocycles. The third kappa shape index (κ3) is 2.99. The molecule has 1 saturated carbocycles. The maximum Gasteiger partial charge on any atom is 0.225 e. The summed E-state index contributed by atoms with van der Waals surface area (Å²) in [4.78, 5) is 23.1. The average Bonchev–Trinajstić information content (AvgIpc) is 2.77. The maximum absolute atomic E-state index is 12.0. The van der Waals surface area contributed by atoms with Crippen LogP contribution in [-0.2, 0) is 9.59 Å². The third-order valence-corrected chi connectivity index (χ3v) is 4.11. The van der Waals surface area contributed by atoms with Gasteiger partial charge in [-0.1, -0.05) is 26.2 Å². The van der Waals surface area contributed by atoms with E-state index in [-0.39, 0.29) is 17.7 Å². The van der Waals surface area contributed by atoms with Crippen LogP contribution in [0.15, 0.2) is 0 Å². The first kappa shape index (κ1) is 12.4. The number of rotatable bonds is 3. The summed E-state index contributed by atoms with van der Waals surface area (Å²) in [6.45, 7) is 2.70. The van der Waals surface area contributed by atoms with Crippen LogP contribution in [0.25, 0.3) is 0 Å². The Kier molecular flexibility index (Phi) is 4.02. The van der Waals surface area contributed by atoms with Gasteiger partial charge in [0.05, 0.1) is 5.92 Å². The van der Waals surface area contributed by atoms with Crippen LogP contribution in [0.5, 0.6) is 0 Å². The van der Waals surface area contributed by atoms with Gasteiger partial charge in [-0.05, 0) is 18.8 Å². The highest BCUT2D eigenvalue weighted by atomic mass is 16.2. The highest BCUT2D eigenvalue weighted by Gasteiger charge is 2.31. The lowest BCUT2D eigenvalue weighted by Gasteiger charge is -2.32. The predicted molar refractivity (Wildman–Crippen MR) is 65.3 cm³/mol. The van der Waals surface area contributed by atoms with Crippen LogP contribution in [0.4, 0.5) is 0 Å². The molecule has 2 amide bonds. The van der Waals surface area contributed by atoms with Crippen molar-refractivity contribution in [1.29, 1.82) is 0 Å². The molecule has 1 aliphatic carbocycles. The molecule has 0 radical (unpaired) electrons. The van der Waals surface area contributed by atoms with Crippen molar-refractivity contribution >= 4 is 11.8 Å². The van der Waals surface area contributed by atoms with E-state index >= 15 is 0 Å². The molecule has 1 heterocycles. The Morgan fingerprint density at radius 1 is 1.41 bits per heavy atom. The number of carbonyl (C=O) groups excluding carboxylic acids is 2. The van der Waals surface area contributed by atoms with Gasteiger partial charge in [0.2, 0.25) is 11.8 Å². The summed E-state index contributed by atoms with van der Waals surface area (Å²) in [5, 5.41) is 5.86. The van der Waals surface area contributed by atoms with E-state index in [4.69, 9.17) is 0 Å². The predicted octanol–water partition coefficient (Wildman–Crippen LogP) is 1.21. The molecular weight excluding hydrogens is 216 g/mol. The SMILES string of the molecule is CCC1CCCCC1NC(=O)C1CNC(=O)C1. The van der Waals surface area contributed by atoms with Crippen molar-refractivity contribution < 1.29 is 9.59 Å². The number of hydrogen-bond donors (Lipinski definition) is 2. The van der Waals surface area contributed by atoms with Gasteiger partial charge in [0.15, 0.2) is 0 Å². The van der Waals surface area contributed by atoms with Crippen LogP contribution in [0.2, 0.25) is 0 Å². The van der Waals surface area contributed by atoms with Gasteiger partial charge < -0.3 is 10.6 Å². The molecular formula is C13H22N2O2. The summed E-state index contributed by atoms with van der Waals surface area (Å²) < 4.78 is 0. The Bertz CT molecular complexity index is 304. The van der Waals surface area contributed by atoms with Crippen LogP contribution in [0.3, 0.4) is 0 Å². The maximum atomic E-state index is 12.0. The fourth-order valence-corrected chi connectivity index (χ4v) is 2.98. The molecule has 0 bridgehead atoms. The summed E-state index contributed by atoms with van der Waals surface area (Å²) in [5.41, 5.74) is 0. The fourth-order valence-electron chi connectivity index (χ4n) is 2.98. The van der Waals surface area contributed by atoms with Gasteiger partial charge in [-0.2, -0.15) is 0 Å². The van der Waals surface area contributed by atoms with Crippen LogP contribution >= 0.6 is 0 Å². The standard InChI is InChI=1S/C13H22N2O2/c1-2-9-5-3-4-6-11(9)15-13(17)10-7-12(16)14-8-10/h9-11H,2-8H2,1H3,(H,14,16)(H,15,17). The van der Waals surface area contributed by atoms with E-state index in [0.717, 1.165) is 12.8 Å². The fraction of sp³-hybridized carbons (Fsp3) is 0.846. The molecule has 2 fully saturated rings. The minimum absolute atomic E-state index is 0.000774. The molecule has 3 unspecified atom stereocenters. The Labute approximate surface area is 103 Å². The highest BCUT2D eigenvalue weighted by molar-refractivity contribution is 5.89. The molecule has 0 spiro atoms. The highest BCUT2D eigenvalue weighted by Crippen LogP contribution is 2.27. The second-order valence-electron chi connectivity index (χ2n) is 5.27. The molecule has 0 aromatic rings. The van der Waals surface area contributed by atoms with Crippen molar-refractivity contribution in [2.75, 3.05) is 6.54 Å². The smallest absolute Gasteiger partial charge is 0.225 e. The molecule has 2 rings (SSSR count). The zero-order valence-electron chi connectivity index (χ0n) is 10.5. The van der Waals surface area contributed by atoms with E-state index in [1.807, 2.05) is 0 Å². The van der Waals surface area contributed by atoms with Gasteiger partial charge in [0.25, 0.3) is 0 Å². The molecule has 4 nitrogen and oxygen atoms in total. The zero-order valence-corrected chi connectivity index (χ0v) is 10.5. The molecule has 2 aliphatic rings. The van der Waals surface area contributed by atoms with E-state index in [1.165, 1.54) is 19.3 Å². The van der Waals surface area contributed by atoms with Crippen LogP contribution in [-0.4, -0.2) is 24.4 Å². The monoisotopic (exact) mass is 238 g/mol. The molecule has 2 N–H and O–H groups in total. The van der Waals surface area contributed by atoms with Crippen LogP contribution in [0.1, 0.15) is 45.4 Å². The molecule has 1 saturated heterocycles. The molecule has 3 atom stereocenters. The first-order chi connectivity index (χ1) is 8.20. The number of amides is 2. The average molecular weight is 238 g/mol. The summed E-state index contributed by atoms with van der Waals surface area (Å²) in [7, 11) is 0. The van der Waals surface area contributed by atoms with Crippen LogP contribution in [0, 0.1) is 11.8 Å². The van der Waals surface area contributed by atoms with Crippen molar-refractivity contribution in [3.05, 3.63) is 0 Å². The van der Waals surface area contributed by atoms with E-state index in [2.05, 4.69) is 17.6 Å². The van der Waals surface area contributed by atoms with Crippen molar-refractivity contribution in [2.45, 2.75) is 51.5 Å². The number of carbonyl (C=O) groups is 2. The topological polar surface area (TPSA) is 58.2 Å². The van der Waals surface area contributed by atoms with Gasteiger partial charge in [-0.15, -0.1) is 0 Å². The van der Waals surface area contributed by atoms with Crippen LogP contribution < -0.4 is 10.6 Å². The first-order valence-electron chi connectivity index (χ1n) is 6.77. The summed E-state index contributed by atoms with van der Waals surface area (Å²) >= 11 is 0.